The van der Waals surface area contributed by atoms with E-state index in [1.165, 1.54) is 18.2 Å². The minimum Gasteiger partial charge on any atom is -0.494 e. The third-order valence-corrected chi connectivity index (χ3v) is 5.72. The number of rotatable bonds is 7. The lowest BCUT2D eigenvalue weighted by molar-refractivity contribution is -0.137. The first-order valence-corrected chi connectivity index (χ1v) is 11.1. The molecule has 0 bridgehead atoms. The average Bonchev–Trinajstić information content (AvgIpc) is 2.82. The fourth-order valence-corrected chi connectivity index (χ4v) is 3.88. The summed E-state index contributed by atoms with van der Waals surface area (Å²) in [6.45, 7) is 2.48. The van der Waals surface area contributed by atoms with Crippen LogP contribution in [-0.2, 0) is 19.0 Å². The third kappa shape index (κ3) is 5.22. The first-order chi connectivity index (χ1) is 16.3. The largest absolute Gasteiger partial charge is 0.494 e. The summed E-state index contributed by atoms with van der Waals surface area (Å²) >= 11 is 0. The molecule has 0 spiro atoms. The molecule has 0 fully saturated rings. The molecule has 6 heteroatoms. The molecule has 4 aromatic rings. The van der Waals surface area contributed by atoms with Crippen LogP contribution in [0.25, 0.3) is 21.9 Å². The Bertz CT molecular complexity index is 1290. The second-order valence-corrected chi connectivity index (χ2v) is 8.16. The van der Waals surface area contributed by atoms with Crippen LogP contribution >= 0.6 is 0 Å². The summed E-state index contributed by atoms with van der Waals surface area (Å²) in [5.74, 6) is -0.325. The highest BCUT2D eigenvalue weighted by molar-refractivity contribution is 5.88. The summed E-state index contributed by atoms with van der Waals surface area (Å²) in [4.78, 5) is 0. The highest BCUT2D eigenvalue weighted by Crippen LogP contribution is 2.32. The van der Waals surface area contributed by atoms with Crippen molar-refractivity contribution in [2.24, 2.45) is 0 Å². The van der Waals surface area contributed by atoms with Gasteiger partial charge in [0.15, 0.2) is 0 Å². The zero-order valence-electron chi connectivity index (χ0n) is 18.6. The topological polar surface area (TPSA) is 9.23 Å². The molecule has 0 aliphatic rings. The van der Waals surface area contributed by atoms with Crippen molar-refractivity contribution in [3.63, 3.8) is 0 Å². The maximum atomic E-state index is 15.1. The monoisotopic (exact) mass is 470 g/mol. The number of alkyl halides is 3. The summed E-state index contributed by atoms with van der Waals surface area (Å²) in [6, 6.07) is 18.1. The molecule has 0 N–H and O–H groups in total. The molecule has 0 radical (unpaired) electrons. The van der Waals surface area contributed by atoms with E-state index in [9.17, 15) is 17.6 Å². The lowest BCUT2D eigenvalue weighted by Gasteiger charge is -2.11. The molecule has 4 aromatic carbocycles. The number of hydrogen-bond acceptors (Lipinski definition) is 1. The van der Waals surface area contributed by atoms with E-state index in [1.54, 1.807) is 42.5 Å². The van der Waals surface area contributed by atoms with E-state index in [2.05, 4.69) is 0 Å². The van der Waals surface area contributed by atoms with Gasteiger partial charge in [-0.25, -0.2) is 8.78 Å². The lowest BCUT2D eigenvalue weighted by Crippen LogP contribution is -2.04. The molecule has 1 nitrogen and oxygen atoms in total. The number of benzene rings is 4. The predicted molar refractivity (Wildman–Crippen MR) is 124 cm³/mol. The van der Waals surface area contributed by atoms with Crippen LogP contribution < -0.4 is 4.74 Å². The van der Waals surface area contributed by atoms with Crippen molar-refractivity contribution in [1.82, 2.24) is 0 Å². The van der Waals surface area contributed by atoms with Crippen LogP contribution in [0.3, 0.4) is 0 Å². The second kappa shape index (κ2) is 9.84. The van der Waals surface area contributed by atoms with Crippen LogP contribution in [-0.4, -0.2) is 6.61 Å². The van der Waals surface area contributed by atoms with Gasteiger partial charge in [-0.15, -0.1) is 0 Å². The zero-order chi connectivity index (χ0) is 24.3. The van der Waals surface area contributed by atoms with Gasteiger partial charge in [0.25, 0.3) is 0 Å². The van der Waals surface area contributed by atoms with E-state index in [0.29, 0.717) is 58.2 Å². The van der Waals surface area contributed by atoms with E-state index in [4.69, 9.17) is 4.74 Å². The normalized spacial score (nSPS) is 11.7. The zero-order valence-corrected chi connectivity index (χ0v) is 18.6. The van der Waals surface area contributed by atoms with Crippen molar-refractivity contribution in [2.75, 3.05) is 6.61 Å². The summed E-state index contributed by atoms with van der Waals surface area (Å²) in [5, 5.41) is 1.05. The molecule has 0 aliphatic carbocycles. The van der Waals surface area contributed by atoms with Crippen molar-refractivity contribution in [2.45, 2.75) is 32.4 Å². The van der Waals surface area contributed by atoms with E-state index in [-0.39, 0.29) is 5.82 Å². The van der Waals surface area contributed by atoms with Crippen LogP contribution in [0.5, 0.6) is 5.75 Å². The maximum absolute atomic E-state index is 15.1. The summed E-state index contributed by atoms with van der Waals surface area (Å²) in [7, 11) is 0. The van der Waals surface area contributed by atoms with Crippen LogP contribution in [0.4, 0.5) is 22.0 Å². The van der Waals surface area contributed by atoms with Crippen LogP contribution in [0, 0.1) is 11.6 Å². The minimum atomic E-state index is -4.38. The Labute approximate surface area is 194 Å². The van der Waals surface area contributed by atoms with Crippen molar-refractivity contribution in [3.8, 4) is 16.9 Å². The van der Waals surface area contributed by atoms with Gasteiger partial charge < -0.3 is 4.74 Å². The third-order valence-electron chi connectivity index (χ3n) is 5.72. The SMILES string of the molecule is CCCOc1ccc(-c2ccc3c(F)c(CCc4ccc(C(F)(F)F)cc4)ccc3c2)c(F)c1. The van der Waals surface area contributed by atoms with Gasteiger partial charge >= 0.3 is 6.18 Å². The molecule has 0 unspecified atom stereocenters. The van der Waals surface area contributed by atoms with Gasteiger partial charge in [0.2, 0.25) is 0 Å². The highest BCUT2D eigenvalue weighted by Gasteiger charge is 2.29. The second-order valence-electron chi connectivity index (χ2n) is 8.16. The Hall–Kier alpha value is -3.41. The Morgan fingerprint density at radius 1 is 0.794 bits per heavy atom. The fourth-order valence-electron chi connectivity index (χ4n) is 3.88. The van der Waals surface area contributed by atoms with E-state index in [1.807, 2.05) is 6.92 Å². The minimum absolute atomic E-state index is 0.350. The molecule has 4 rings (SSSR count). The van der Waals surface area contributed by atoms with Gasteiger partial charge in [0.1, 0.15) is 17.4 Å². The summed E-state index contributed by atoms with van der Waals surface area (Å²) in [6.07, 6.45) is -2.79. The molecule has 0 aliphatic heterocycles. The Morgan fingerprint density at radius 3 is 2.24 bits per heavy atom. The molecular formula is C28H23F5O. The molecule has 34 heavy (non-hydrogen) atoms. The van der Waals surface area contributed by atoms with Crippen LogP contribution in [0.2, 0.25) is 0 Å². The van der Waals surface area contributed by atoms with Gasteiger partial charge in [-0.3, -0.25) is 0 Å². The molecule has 0 amide bonds. The van der Waals surface area contributed by atoms with Gasteiger partial charge in [-0.05, 0) is 71.7 Å². The number of fused-ring (bicyclic) bond motifs is 1. The first kappa shape index (κ1) is 23.7. The van der Waals surface area contributed by atoms with E-state index < -0.39 is 17.6 Å². The van der Waals surface area contributed by atoms with E-state index >= 15 is 4.39 Å². The fraction of sp³-hybridized carbons (Fsp3) is 0.214. The number of aryl methyl sites for hydroxylation is 2. The van der Waals surface area contributed by atoms with Gasteiger partial charge in [0, 0.05) is 17.0 Å². The number of ether oxygens (including phenoxy) is 1. The Balaban J connectivity index is 1.53. The molecule has 0 saturated heterocycles. The van der Waals surface area contributed by atoms with Crippen LogP contribution in [0.1, 0.15) is 30.0 Å². The molecule has 0 saturated carbocycles. The van der Waals surface area contributed by atoms with Gasteiger partial charge in [-0.2, -0.15) is 13.2 Å². The van der Waals surface area contributed by atoms with Gasteiger partial charge in [-0.1, -0.05) is 43.3 Å². The summed E-state index contributed by atoms with van der Waals surface area (Å²) in [5.41, 5.74) is 1.50. The van der Waals surface area contributed by atoms with E-state index in [0.717, 1.165) is 18.6 Å². The highest BCUT2D eigenvalue weighted by atomic mass is 19.4. The first-order valence-electron chi connectivity index (χ1n) is 11.1. The molecule has 176 valence electrons. The number of hydrogen-bond donors (Lipinski definition) is 0. The summed E-state index contributed by atoms with van der Waals surface area (Å²) < 4.78 is 73.4. The molecule has 0 aromatic heterocycles. The van der Waals surface area contributed by atoms with Crippen molar-refractivity contribution in [1.29, 1.82) is 0 Å². The maximum Gasteiger partial charge on any atom is 0.416 e. The van der Waals surface area contributed by atoms with Crippen molar-refractivity contribution in [3.05, 3.63) is 101 Å². The standard InChI is InChI=1S/C28H23F5O/c1-2-15-34-23-12-14-24(26(29)17-23)20-9-13-25-21(16-20)8-7-19(27(25)30)6-3-18-4-10-22(11-5-18)28(31,32)33/h4-5,7-14,16-17H,2-3,6,15H2,1H3. The predicted octanol–water partition coefficient (Wildman–Crippen LogP) is 8.38. The lowest BCUT2D eigenvalue weighted by atomic mass is 9.97. The van der Waals surface area contributed by atoms with Gasteiger partial charge in [0.05, 0.1) is 12.2 Å². The quantitative estimate of drug-likeness (QED) is 0.247. The molecular weight excluding hydrogens is 447 g/mol. The Kier molecular flexibility index (Phi) is 6.87. The van der Waals surface area contributed by atoms with Crippen molar-refractivity contribution >= 4 is 10.8 Å². The van der Waals surface area contributed by atoms with Crippen molar-refractivity contribution < 1.29 is 26.7 Å². The molecule has 0 atom stereocenters. The molecule has 0 heterocycles. The Morgan fingerprint density at radius 2 is 1.56 bits per heavy atom. The number of halogens is 5. The average molecular weight is 470 g/mol. The smallest absolute Gasteiger partial charge is 0.416 e. The van der Waals surface area contributed by atoms with Crippen LogP contribution in [0.15, 0.2) is 72.8 Å².